The van der Waals surface area contributed by atoms with Gasteiger partial charge in [0.05, 0.1) is 6.17 Å². The molecule has 0 amide bonds. The van der Waals surface area contributed by atoms with Crippen LogP contribution in [-0.2, 0) is 0 Å². The van der Waals surface area contributed by atoms with E-state index in [2.05, 4.69) is 0 Å². The van der Waals surface area contributed by atoms with Crippen LogP contribution in [0.2, 0.25) is 0 Å². The molecule has 0 bridgehead atoms. The lowest BCUT2D eigenvalue weighted by Crippen LogP contribution is -2.29. The molecule has 0 aromatic rings. The van der Waals surface area contributed by atoms with Crippen LogP contribution >= 0.6 is 0 Å². The average molecular weight is 129 g/mol. The average Bonchev–Trinajstić information content (AvgIpc) is 1.80. The molecule has 0 aliphatic rings. The molecule has 0 rings (SSSR count). The lowest BCUT2D eigenvalue weighted by atomic mass is 10.2. The van der Waals surface area contributed by atoms with Crippen molar-refractivity contribution in [3.05, 3.63) is 12.2 Å². The lowest BCUT2D eigenvalue weighted by molar-refractivity contribution is 0.647. The maximum Gasteiger partial charge on any atom is 0.0523 e. The van der Waals surface area contributed by atoms with Gasteiger partial charge < -0.3 is 17.2 Å². The Bertz CT molecular complexity index is 78.4. The van der Waals surface area contributed by atoms with Gasteiger partial charge in [-0.1, -0.05) is 12.2 Å². The van der Waals surface area contributed by atoms with Crippen molar-refractivity contribution in [1.29, 1.82) is 0 Å². The molecule has 0 aliphatic carbocycles. The van der Waals surface area contributed by atoms with Crippen molar-refractivity contribution >= 4 is 0 Å². The second kappa shape index (κ2) is 5.75. The van der Waals surface area contributed by atoms with Gasteiger partial charge in [0.15, 0.2) is 0 Å². The maximum absolute atomic E-state index is 5.29. The minimum atomic E-state index is -0.188. The number of nitrogens with two attached hydrogens (primary N) is 3. The molecular weight excluding hydrogens is 114 g/mol. The van der Waals surface area contributed by atoms with Crippen LogP contribution in [0.5, 0.6) is 0 Å². The van der Waals surface area contributed by atoms with E-state index in [9.17, 15) is 0 Å². The minimum Gasteiger partial charge on any atom is -0.327 e. The molecule has 0 saturated carbocycles. The topological polar surface area (TPSA) is 78.1 Å². The van der Waals surface area contributed by atoms with Gasteiger partial charge in [-0.15, -0.1) is 0 Å². The molecule has 0 saturated heterocycles. The Balaban J connectivity index is 2.99. The van der Waals surface area contributed by atoms with Gasteiger partial charge in [0.2, 0.25) is 0 Å². The number of hydrogen-bond acceptors (Lipinski definition) is 3. The van der Waals surface area contributed by atoms with Crippen molar-refractivity contribution in [3.63, 3.8) is 0 Å². The quantitative estimate of drug-likeness (QED) is 0.354. The zero-order valence-electron chi connectivity index (χ0n) is 5.59. The Labute approximate surface area is 55.9 Å². The molecular formula is C6H15N3. The third-order valence-corrected chi connectivity index (χ3v) is 0.969. The summed E-state index contributed by atoms with van der Waals surface area (Å²) >= 11 is 0. The van der Waals surface area contributed by atoms with E-state index in [4.69, 9.17) is 17.2 Å². The summed E-state index contributed by atoms with van der Waals surface area (Å²) in [5, 5.41) is 0. The highest BCUT2D eigenvalue weighted by atomic mass is 14.8. The van der Waals surface area contributed by atoms with Crippen molar-refractivity contribution < 1.29 is 0 Å². The van der Waals surface area contributed by atoms with Crippen molar-refractivity contribution in [2.45, 2.75) is 19.0 Å². The summed E-state index contributed by atoms with van der Waals surface area (Å²) in [6.07, 6.45) is 5.47. The molecule has 0 aromatic carbocycles. The molecule has 6 N–H and O–H groups in total. The molecule has 0 spiro atoms. The summed E-state index contributed by atoms with van der Waals surface area (Å²) in [5.74, 6) is 0. The Morgan fingerprint density at radius 3 is 2.33 bits per heavy atom. The second-order valence-corrected chi connectivity index (χ2v) is 1.95. The molecule has 0 fully saturated rings. The summed E-state index contributed by atoms with van der Waals surface area (Å²) in [4.78, 5) is 0. The van der Waals surface area contributed by atoms with Crippen LogP contribution in [0.4, 0.5) is 0 Å². The Kier molecular flexibility index (Phi) is 5.51. The van der Waals surface area contributed by atoms with E-state index in [-0.39, 0.29) is 6.17 Å². The first-order valence-corrected chi connectivity index (χ1v) is 3.13. The van der Waals surface area contributed by atoms with Crippen molar-refractivity contribution in [2.75, 3.05) is 6.54 Å². The summed E-state index contributed by atoms with van der Waals surface area (Å²) < 4.78 is 0. The van der Waals surface area contributed by atoms with Crippen LogP contribution in [-0.4, -0.2) is 12.7 Å². The van der Waals surface area contributed by atoms with Gasteiger partial charge in [-0.2, -0.15) is 0 Å². The zero-order chi connectivity index (χ0) is 7.11. The van der Waals surface area contributed by atoms with E-state index < -0.39 is 0 Å². The van der Waals surface area contributed by atoms with Gasteiger partial charge >= 0.3 is 0 Å². The van der Waals surface area contributed by atoms with Crippen LogP contribution < -0.4 is 17.2 Å². The van der Waals surface area contributed by atoms with Gasteiger partial charge in [0.25, 0.3) is 0 Å². The first-order chi connectivity index (χ1) is 4.27. The SMILES string of the molecule is NCC=CCCC(N)N. The molecule has 0 aromatic heterocycles. The van der Waals surface area contributed by atoms with Gasteiger partial charge in [-0.25, -0.2) is 0 Å². The number of allylic oxidation sites excluding steroid dienone is 1. The second-order valence-electron chi connectivity index (χ2n) is 1.95. The third-order valence-electron chi connectivity index (χ3n) is 0.969. The van der Waals surface area contributed by atoms with Gasteiger partial charge in [-0.3, -0.25) is 0 Å². The van der Waals surface area contributed by atoms with Crippen LogP contribution in [0.25, 0.3) is 0 Å². The number of rotatable bonds is 4. The molecule has 3 heteroatoms. The summed E-state index contributed by atoms with van der Waals surface area (Å²) in [6.45, 7) is 0.597. The molecule has 0 atom stereocenters. The van der Waals surface area contributed by atoms with E-state index in [1.165, 1.54) is 0 Å². The van der Waals surface area contributed by atoms with Crippen molar-refractivity contribution in [2.24, 2.45) is 17.2 Å². The van der Waals surface area contributed by atoms with Crippen molar-refractivity contribution in [3.8, 4) is 0 Å². The highest BCUT2D eigenvalue weighted by Gasteiger charge is 1.88. The van der Waals surface area contributed by atoms with Crippen LogP contribution in [0, 0.1) is 0 Å². The Morgan fingerprint density at radius 1 is 1.22 bits per heavy atom. The fraction of sp³-hybridized carbons (Fsp3) is 0.667. The standard InChI is InChI=1S/C6H15N3/c7-5-3-1-2-4-6(8)9/h1,3,6H,2,4-5,7-9H2. The van der Waals surface area contributed by atoms with Gasteiger partial charge in [-0.05, 0) is 12.8 Å². The van der Waals surface area contributed by atoms with Crippen LogP contribution in [0.1, 0.15) is 12.8 Å². The fourth-order valence-corrected chi connectivity index (χ4v) is 0.503. The fourth-order valence-electron chi connectivity index (χ4n) is 0.503. The van der Waals surface area contributed by atoms with Gasteiger partial charge in [0.1, 0.15) is 0 Å². The number of hydrogen-bond donors (Lipinski definition) is 3. The van der Waals surface area contributed by atoms with E-state index in [1.54, 1.807) is 0 Å². The molecule has 0 aliphatic heterocycles. The largest absolute Gasteiger partial charge is 0.327 e. The Hall–Kier alpha value is -0.380. The zero-order valence-corrected chi connectivity index (χ0v) is 5.59. The molecule has 0 radical (unpaired) electrons. The molecule has 54 valence electrons. The summed E-state index contributed by atoms with van der Waals surface area (Å²) in [6, 6.07) is 0. The lowest BCUT2D eigenvalue weighted by Gasteiger charge is -1.99. The monoisotopic (exact) mass is 129 g/mol. The van der Waals surface area contributed by atoms with Crippen LogP contribution in [0.3, 0.4) is 0 Å². The predicted octanol–water partition coefficient (Wildman–Crippen LogP) is -0.475. The summed E-state index contributed by atoms with van der Waals surface area (Å²) in [5.41, 5.74) is 15.8. The van der Waals surface area contributed by atoms with E-state index in [1.807, 2.05) is 12.2 Å². The van der Waals surface area contributed by atoms with E-state index >= 15 is 0 Å². The van der Waals surface area contributed by atoms with E-state index in [0.29, 0.717) is 6.54 Å². The van der Waals surface area contributed by atoms with Crippen LogP contribution in [0.15, 0.2) is 12.2 Å². The Morgan fingerprint density at radius 2 is 1.89 bits per heavy atom. The highest BCUT2D eigenvalue weighted by molar-refractivity contribution is 4.82. The van der Waals surface area contributed by atoms with Gasteiger partial charge in [0, 0.05) is 6.54 Å². The van der Waals surface area contributed by atoms with Crippen molar-refractivity contribution in [1.82, 2.24) is 0 Å². The predicted molar refractivity (Wildman–Crippen MR) is 39.6 cm³/mol. The maximum atomic E-state index is 5.29. The molecule has 0 heterocycles. The third kappa shape index (κ3) is 7.62. The first-order valence-electron chi connectivity index (χ1n) is 3.13. The molecule has 9 heavy (non-hydrogen) atoms. The highest BCUT2D eigenvalue weighted by Crippen LogP contribution is 1.89. The normalized spacial score (nSPS) is 11.6. The minimum absolute atomic E-state index is 0.188. The molecule has 0 unspecified atom stereocenters. The first kappa shape index (κ1) is 8.62. The smallest absolute Gasteiger partial charge is 0.0523 e. The molecule has 3 nitrogen and oxygen atoms in total. The summed E-state index contributed by atoms with van der Waals surface area (Å²) in [7, 11) is 0. The van der Waals surface area contributed by atoms with E-state index in [0.717, 1.165) is 12.8 Å².